The Morgan fingerprint density at radius 2 is 2.10 bits per heavy atom. The van der Waals surface area contributed by atoms with Crippen molar-refractivity contribution in [2.24, 2.45) is 0 Å². The monoisotopic (exact) mass is 419 g/mol. The zero-order valence-corrected chi connectivity index (χ0v) is 17.2. The summed E-state index contributed by atoms with van der Waals surface area (Å²) in [6, 6.07) is 12.8. The normalized spacial score (nSPS) is 15.5. The van der Waals surface area contributed by atoms with Crippen LogP contribution in [0.4, 0.5) is 10.5 Å². The van der Waals surface area contributed by atoms with Gasteiger partial charge in [-0.15, -0.1) is 0 Å². The Balaban J connectivity index is 1.47. The number of hydrogen-bond donors (Lipinski definition) is 1. The fourth-order valence-corrected chi connectivity index (χ4v) is 3.62. The first-order valence-corrected chi connectivity index (χ1v) is 10.3. The number of amides is 2. The van der Waals surface area contributed by atoms with Crippen LogP contribution >= 0.6 is 0 Å². The van der Waals surface area contributed by atoms with Crippen molar-refractivity contribution in [3.05, 3.63) is 88.9 Å². The largest absolute Gasteiger partial charge is 0.376 e. The van der Waals surface area contributed by atoms with E-state index in [-0.39, 0.29) is 17.8 Å². The van der Waals surface area contributed by atoms with Gasteiger partial charge in [0.2, 0.25) is 0 Å². The van der Waals surface area contributed by atoms with E-state index >= 15 is 0 Å². The summed E-state index contributed by atoms with van der Waals surface area (Å²) < 4.78 is 7.26. The topological polar surface area (TPSA) is 89.4 Å². The van der Waals surface area contributed by atoms with E-state index in [0.717, 1.165) is 30.6 Å². The maximum atomic E-state index is 13.1. The van der Waals surface area contributed by atoms with Crippen molar-refractivity contribution in [1.29, 1.82) is 0 Å². The Morgan fingerprint density at radius 1 is 1.19 bits per heavy atom. The lowest BCUT2D eigenvalue weighted by Crippen LogP contribution is -2.39. The molecular formula is C23H25N5O3. The third-order valence-corrected chi connectivity index (χ3v) is 5.15. The van der Waals surface area contributed by atoms with Crippen molar-refractivity contribution < 1.29 is 9.53 Å². The molecule has 1 N–H and O–H groups in total. The van der Waals surface area contributed by atoms with Crippen LogP contribution in [-0.4, -0.2) is 44.7 Å². The van der Waals surface area contributed by atoms with Crippen LogP contribution in [0.3, 0.4) is 0 Å². The van der Waals surface area contributed by atoms with Crippen molar-refractivity contribution in [3.8, 4) is 0 Å². The van der Waals surface area contributed by atoms with Crippen LogP contribution in [0.15, 0.2) is 72.0 Å². The number of hydrogen-bond acceptors (Lipinski definition) is 5. The van der Waals surface area contributed by atoms with E-state index in [0.29, 0.717) is 25.3 Å². The Morgan fingerprint density at radius 3 is 2.87 bits per heavy atom. The molecule has 1 aromatic carbocycles. The SMILES string of the molecule is O=C(Nc1cccc(Cn2cccnc2=O)c1)N(Cc1cccnc1)CC1CCCO1. The van der Waals surface area contributed by atoms with E-state index in [1.54, 1.807) is 29.6 Å². The zero-order chi connectivity index (χ0) is 21.5. The fourth-order valence-electron chi connectivity index (χ4n) is 3.62. The van der Waals surface area contributed by atoms with Gasteiger partial charge in [0.05, 0.1) is 12.6 Å². The highest BCUT2D eigenvalue weighted by atomic mass is 16.5. The number of nitrogens with zero attached hydrogens (tertiary/aromatic N) is 4. The first-order valence-electron chi connectivity index (χ1n) is 10.3. The first kappa shape index (κ1) is 20.7. The quantitative estimate of drug-likeness (QED) is 0.636. The van der Waals surface area contributed by atoms with E-state index in [9.17, 15) is 9.59 Å². The van der Waals surface area contributed by atoms with E-state index in [1.807, 2.05) is 36.4 Å². The number of benzene rings is 1. The molecule has 160 valence electrons. The molecular weight excluding hydrogens is 394 g/mol. The number of nitrogens with one attached hydrogen (secondary N) is 1. The number of urea groups is 1. The van der Waals surface area contributed by atoms with Crippen LogP contribution in [0.5, 0.6) is 0 Å². The molecule has 0 aliphatic carbocycles. The molecule has 1 unspecified atom stereocenters. The first-order chi connectivity index (χ1) is 15.2. The Bertz CT molecular complexity index is 1060. The van der Waals surface area contributed by atoms with Gasteiger partial charge in [-0.3, -0.25) is 9.55 Å². The lowest BCUT2D eigenvalue weighted by atomic mass is 10.2. The molecule has 1 atom stereocenters. The van der Waals surface area contributed by atoms with E-state index in [1.165, 1.54) is 10.8 Å². The third kappa shape index (κ3) is 5.76. The summed E-state index contributed by atoms with van der Waals surface area (Å²) in [6.07, 6.45) is 8.66. The molecule has 1 fully saturated rings. The van der Waals surface area contributed by atoms with E-state index < -0.39 is 0 Å². The van der Waals surface area contributed by atoms with Gasteiger partial charge in [0.25, 0.3) is 0 Å². The van der Waals surface area contributed by atoms with Crippen LogP contribution in [0.25, 0.3) is 0 Å². The van der Waals surface area contributed by atoms with Crippen molar-refractivity contribution >= 4 is 11.7 Å². The number of carbonyl (C=O) groups excluding carboxylic acids is 1. The minimum Gasteiger partial charge on any atom is -0.376 e. The summed E-state index contributed by atoms with van der Waals surface area (Å²) in [6.45, 7) is 2.09. The predicted molar refractivity (Wildman–Crippen MR) is 117 cm³/mol. The van der Waals surface area contributed by atoms with Crippen molar-refractivity contribution in [1.82, 2.24) is 19.4 Å². The van der Waals surface area contributed by atoms with Crippen LogP contribution in [0, 0.1) is 0 Å². The zero-order valence-electron chi connectivity index (χ0n) is 17.2. The summed E-state index contributed by atoms with van der Waals surface area (Å²) >= 11 is 0. The molecule has 0 bridgehead atoms. The summed E-state index contributed by atoms with van der Waals surface area (Å²) in [5.74, 6) is 0. The lowest BCUT2D eigenvalue weighted by Gasteiger charge is -2.26. The van der Waals surface area contributed by atoms with Gasteiger partial charge in [-0.25, -0.2) is 14.6 Å². The molecule has 8 nitrogen and oxygen atoms in total. The summed E-state index contributed by atoms with van der Waals surface area (Å²) in [5, 5.41) is 2.99. The van der Waals surface area contributed by atoms with Gasteiger partial charge in [-0.1, -0.05) is 18.2 Å². The number of aromatic nitrogens is 3. The predicted octanol–water partition coefficient (Wildman–Crippen LogP) is 2.90. The maximum absolute atomic E-state index is 13.1. The molecule has 0 spiro atoms. The van der Waals surface area contributed by atoms with Gasteiger partial charge in [0, 0.05) is 50.2 Å². The van der Waals surface area contributed by atoms with Gasteiger partial charge < -0.3 is 15.0 Å². The smallest absolute Gasteiger partial charge is 0.347 e. The average molecular weight is 419 g/mol. The highest BCUT2D eigenvalue weighted by Crippen LogP contribution is 2.17. The molecule has 2 aromatic heterocycles. The van der Waals surface area contributed by atoms with Crippen LogP contribution in [-0.2, 0) is 17.8 Å². The van der Waals surface area contributed by atoms with Crippen LogP contribution < -0.4 is 11.0 Å². The molecule has 1 saturated heterocycles. The van der Waals surface area contributed by atoms with Gasteiger partial charge in [-0.05, 0) is 48.2 Å². The minimum absolute atomic E-state index is 0.0474. The number of ether oxygens (including phenoxy) is 1. The van der Waals surface area contributed by atoms with Crippen LogP contribution in [0.2, 0.25) is 0 Å². The van der Waals surface area contributed by atoms with Crippen molar-refractivity contribution in [3.63, 3.8) is 0 Å². The standard InChI is InChI=1S/C23H25N5O3/c29-22-25-10-4-11-27(22)15-18-5-1-7-20(13-18)26-23(30)28(17-21-8-3-12-31-21)16-19-6-2-9-24-14-19/h1-2,4-7,9-11,13-14,21H,3,8,12,15-17H2,(H,26,30). The van der Waals surface area contributed by atoms with E-state index in [2.05, 4.69) is 15.3 Å². The van der Waals surface area contributed by atoms with Gasteiger partial charge in [0.1, 0.15) is 0 Å². The Hall–Kier alpha value is -3.52. The number of pyridine rings is 1. The molecule has 4 rings (SSSR count). The molecule has 3 aromatic rings. The second-order valence-electron chi connectivity index (χ2n) is 7.54. The summed E-state index contributed by atoms with van der Waals surface area (Å²) in [4.78, 5) is 34.7. The summed E-state index contributed by atoms with van der Waals surface area (Å²) in [7, 11) is 0. The van der Waals surface area contributed by atoms with Gasteiger partial charge in [-0.2, -0.15) is 0 Å². The van der Waals surface area contributed by atoms with Crippen molar-refractivity contribution in [2.45, 2.75) is 32.0 Å². The van der Waals surface area contributed by atoms with E-state index in [4.69, 9.17) is 4.74 Å². The highest BCUT2D eigenvalue weighted by Gasteiger charge is 2.23. The average Bonchev–Trinajstić information content (AvgIpc) is 3.29. The maximum Gasteiger partial charge on any atom is 0.347 e. The highest BCUT2D eigenvalue weighted by molar-refractivity contribution is 5.89. The molecule has 1 aliphatic rings. The molecule has 1 aliphatic heterocycles. The number of carbonyl (C=O) groups is 1. The molecule has 0 saturated carbocycles. The molecule has 2 amide bonds. The summed E-state index contributed by atoms with van der Waals surface area (Å²) in [5.41, 5.74) is 2.21. The Kier molecular flexibility index (Phi) is 6.68. The second kappa shape index (κ2) is 9.99. The number of rotatable bonds is 7. The number of anilines is 1. The fraction of sp³-hybridized carbons (Fsp3) is 0.304. The van der Waals surface area contributed by atoms with Gasteiger partial charge >= 0.3 is 11.7 Å². The van der Waals surface area contributed by atoms with Crippen LogP contribution in [0.1, 0.15) is 24.0 Å². The second-order valence-corrected chi connectivity index (χ2v) is 7.54. The molecule has 8 heteroatoms. The van der Waals surface area contributed by atoms with Crippen molar-refractivity contribution in [2.75, 3.05) is 18.5 Å². The molecule has 0 radical (unpaired) electrons. The molecule has 31 heavy (non-hydrogen) atoms. The third-order valence-electron chi connectivity index (χ3n) is 5.15. The Labute approximate surface area is 180 Å². The molecule has 3 heterocycles. The lowest BCUT2D eigenvalue weighted by molar-refractivity contribution is 0.0819. The van der Waals surface area contributed by atoms with Gasteiger partial charge in [0.15, 0.2) is 0 Å². The minimum atomic E-state index is -0.309.